The first-order valence-corrected chi connectivity index (χ1v) is 12.6. The number of hydrogen-bond donors (Lipinski definition) is 0. The predicted molar refractivity (Wildman–Crippen MR) is 136 cm³/mol. The Morgan fingerprint density at radius 2 is 1.83 bits per heavy atom. The minimum atomic E-state index is -0.0796. The van der Waals surface area contributed by atoms with Crippen LogP contribution < -0.4 is 5.69 Å². The van der Waals surface area contributed by atoms with E-state index in [4.69, 9.17) is 4.74 Å². The van der Waals surface area contributed by atoms with E-state index in [1.165, 1.54) is 19.5 Å². The second-order valence-electron chi connectivity index (χ2n) is 10.5. The van der Waals surface area contributed by atoms with Crippen LogP contribution in [-0.2, 0) is 18.4 Å². The van der Waals surface area contributed by atoms with E-state index >= 15 is 0 Å². The summed E-state index contributed by atoms with van der Waals surface area (Å²) in [5.41, 5.74) is 5.07. The van der Waals surface area contributed by atoms with Crippen LogP contribution >= 0.6 is 0 Å². The van der Waals surface area contributed by atoms with E-state index < -0.39 is 0 Å². The zero-order valence-corrected chi connectivity index (χ0v) is 20.8. The van der Waals surface area contributed by atoms with E-state index in [-0.39, 0.29) is 17.8 Å². The van der Waals surface area contributed by atoms with E-state index in [0.717, 1.165) is 51.6 Å². The molecule has 182 valence electrons. The molecule has 3 unspecified atom stereocenters. The van der Waals surface area contributed by atoms with E-state index in [1.807, 2.05) is 38.2 Å². The maximum Gasteiger partial charge on any atom is 0.330 e. The van der Waals surface area contributed by atoms with Gasteiger partial charge in [0.25, 0.3) is 0 Å². The molecule has 0 spiro atoms. The molecule has 3 atom stereocenters. The van der Waals surface area contributed by atoms with Crippen molar-refractivity contribution in [3.8, 4) is 11.1 Å². The number of ether oxygens (including phenoxy) is 1. The molecule has 2 fully saturated rings. The summed E-state index contributed by atoms with van der Waals surface area (Å²) < 4.78 is 9.45. The largest absolute Gasteiger partial charge is 0.371 e. The molecule has 3 aromatic heterocycles. The summed E-state index contributed by atoms with van der Waals surface area (Å²) in [6.07, 6.45) is 3.52. The molecule has 1 saturated carbocycles. The van der Waals surface area contributed by atoms with Crippen LogP contribution in [0, 0.1) is 11.8 Å². The van der Waals surface area contributed by atoms with Gasteiger partial charge in [0.2, 0.25) is 0 Å². The summed E-state index contributed by atoms with van der Waals surface area (Å²) in [5.74, 6) is 1.91. The number of benzene rings is 1. The van der Waals surface area contributed by atoms with Gasteiger partial charge < -0.3 is 9.64 Å². The fraction of sp³-hybridized carbons (Fsp3) is 0.481. The van der Waals surface area contributed by atoms with Crippen LogP contribution in [0.25, 0.3) is 33.2 Å². The van der Waals surface area contributed by atoms with Crippen molar-refractivity contribution in [2.45, 2.75) is 45.9 Å². The minimum absolute atomic E-state index is 0.0155. The Labute approximate surface area is 204 Å². The highest BCUT2D eigenvalue weighted by Gasteiger charge is 2.44. The Bertz CT molecular complexity index is 1440. The summed E-state index contributed by atoms with van der Waals surface area (Å²) >= 11 is 0. The van der Waals surface area contributed by atoms with Crippen LogP contribution in [0.5, 0.6) is 0 Å². The molecule has 0 N–H and O–H groups in total. The SMILES string of the molecule is CC(CN1CC2CC2C1)OCc1ccc(-c2ccc3nnc4c(c3c2)n(C(C)C)c(=O)n4C)cn1. The summed E-state index contributed by atoms with van der Waals surface area (Å²) in [6, 6.07) is 10.2. The van der Waals surface area contributed by atoms with Crippen molar-refractivity contribution in [3.63, 3.8) is 0 Å². The van der Waals surface area contributed by atoms with Crippen LogP contribution in [-0.4, -0.2) is 55.0 Å². The predicted octanol–water partition coefficient (Wildman–Crippen LogP) is 3.78. The number of rotatable bonds is 7. The molecule has 1 saturated heterocycles. The number of likely N-dealkylation sites (tertiary alicyclic amines) is 1. The smallest absolute Gasteiger partial charge is 0.330 e. The normalized spacial score (nSPS) is 20.7. The fourth-order valence-corrected chi connectivity index (χ4v) is 5.52. The molecule has 35 heavy (non-hydrogen) atoms. The lowest BCUT2D eigenvalue weighted by molar-refractivity contribution is 0.0278. The van der Waals surface area contributed by atoms with Gasteiger partial charge in [0, 0.05) is 49.9 Å². The third-order valence-corrected chi connectivity index (χ3v) is 7.53. The van der Waals surface area contributed by atoms with Gasteiger partial charge >= 0.3 is 5.69 Å². The maximum absolute atomic E-state index is 12.8. The van der Waals surface area contributed by atoms with Crippen molar-refractivity contribution in [3.05, 3.63) is 52.7 Å². The molecular weight excluding hydrogens is 440 g/mol. The van der Waals surface area contributed by atoms with Crippen molar-refractivity contribution in [2.75, 3.05) is 19.6 Å². The zero-order chi connectivity index (χ0) is 24.3. The Morgan fingerprint density at radius 3 is 2.54 bits per heavy atom. The van der Waals surface area contributed by atoms with Crippen molar-refractivity contribution < 1.29 is 4.74 Å². The molecule has 2 aliphatic rings. The number of fused-ring (bicyclic) bond motifs is 4. The summed E-state index contributed by atoms with van der Waals surface area (Å²) in [5, 5.41) is 9.60. The number of aryl methyl sites for hydroxylation is 1. The molecular formula is C27H32N6O2. The minimum Gasteiger partial charge on any atom is -0.371 e. The Balaban J connectivity index is 1.22. The standard InChI is InChI=1S/C27H32N6O2/c1-16(2)33-25-23-10-18(6-8-24(23)29-30-26(25)31(4)27(33)34)19-5-7-22(28-11-19)15-35-17(3)12-32-13-20-9-21(20)14-32/h5-8,10-11,16-17,20-21H,9,12-15H2,1-4H3. The van der Waals surface area contributed by atoms with Gasteiger partial charge in [0.1, 0.15) is 5.52 Å². The quantitative estimate of drug-likeness (QED) is 0.407. The van der Waals surface area contributed by atoms with E-state index in [9.17, 15) is 4.79 Å². The highest BCUT2D eigenvalue weighted by atomic mass is 16.5. The topological polar surface area (TPSA) is 78.1 Å². The third-order valence-electron chi connectivity index (χ3n) is 7.53. The van der Waals surface area contributed by atoms with Gasteiger partial charge in [0.05, 0.1) is 23.9 Å². The van der Waals surface area contributed by atoms with Crippen LogP contribution in [0.2, 0.25) is 0 Å². The summed E-state index contributed by atoms with van der Waals surface area (Å²) in [7, 11) is 1.74. The van der Waals surface area contributed by atoms with Crippen molar-refractivity contribution in [2.24, 2.45) is 18.9 Å². The summed E-state index contributed by atoms with van der Waals surface area (Å²) in [4.78, 5) is 20.0. The molecule has 8 nitrogen and oxygen atoms in total. The second kappa shape index (κ2) is 8.53. The lowest BCUT2D eigenvalue weighted by Crippen LogP contribution is -2.32. The molecule has 1 aliphatic carbocycles. The van der Waals surface area contributed by atoms with Gasteiger partial charge in [-0.1, -0.05) is 12.1 Å². The number of nitrogens with zero attached hydrogens (tertiary/aromatic N) is 6. The number of pyridine rings is 1. The highest BCUT2D eigenvalue weighted by molar-refractivity contribution is 6.02. The Kier molecular flexibility index (Phi) is 5.45. The highest BCUT2D eigenvalue weighted by Crippen LogP contribution is 2.44. The van der Waals surface area contributed by atoms with Gasteiger partial charge in [-0.2, -0.15) is 0 Å². The van der Waals surface area contributed by atoms with Gasteiger partial charge in [-0.25, -0.2) is 4.79 Å². The van der Waals surface area contributed by atoms with Gasteiger partial charge in [-0.3, -0.25) is 14.1 Å². The third kappa shape index (κ3) is 4.04. The average Bonchev–Trinajstić information content (AvgIpc) is 3.37. The van der Waals surface area contributed by atoms with Gasteiger partial charge in [-0.05, 0) is 62.8 Å². The molecule has 1 aromatic carbocycles. The fourth-order valence-electron chi connectivity index (χ4n) is 5.52. The lowest BCUT2D eigenvalue weighted by atomic mass is 10.0. The molecule has 0 bridgehead atoms. The molecule has 1 aliphatic heterocycles. The maximum atomic E-state index is 12.8. The molecule has 4 aromatic rings. The van der Waals surface area contributed by atoms with E-state index in [1.54, 1.807) is 16.2 Å². The van der Waals surface area contributed by atoms with Crippen LogP contribution in [0.4, 0.5) is 0 Å². The van der Waals surface area contributed by atoms with E-state index in [0.29, 0.717) is 12.3 Å². The number of aromatic nitrogens is 5. The first kappa shape index (κ1) is 22.4. The first-order valence-electron chi connectivity index (χ1n) is 12.6. The molecule has 6 rings (SSSR count). The van der Waals surface area contributed by atoms with Crippen molar-refractivity contribution >= 4 is 22.1 Å². The molecule has 4 heterocycles. The number of hydrogen-bond acceptors (Lipinski definition) is 6. The molecule has 8 heteroatoms. The van der Waals surface area contributed by atoms with E-state index in [2.05, 4.69) is 39.1 Å². The monoisotopic (exact) mass is 472 g/mol. The van der Waals surface area contributed by atoms with Crippen LogP contribution in [0.15, 0.2) is 41.3 Å². The lowest BCUT2D eigenvalue weighted by Gasteiger charge is -2.22. The number of imidazole rings is 1. The molecule has 0 amide bonds. The number of piperidine rings is 1. The summed E-state index contributed by atoms with van der Waals surface area (Å²) in [6.45, 7) is 10.2. The first-order chi connectivity index (χ1) is 16.9. The van der Waals surface area contributed by atoms with Gasteiger partial charge in [0.15, 0.2) is 5.65 Å². The average molecular weight is 473 g/mol. The van der Waals surface area contributed by atoms with Crippen LogP contribution in [0.1, 0.15) is 38.9 Å². The van der Waals surface area contributed by atoms with Gasteiger partial charge in [-0.15, -0.1) is 10.2 Å². The zero-order valence-electron chi connectivity index (χ0n) is 20.8. The second-order valence-corrected chi connectivity index (χ2v) is 10.5. The van der Waals surface area contributed by atoms with Crippen molar-refractivity contribution in [1.29, 1.82) is 0 Å². The Hall–Kier alpha value is -3.10. The van der Waals surface area contributed by atoms with Crippen LogP contribution in [0.3, 0.4) is 0 Å². The molecule has 0 radical (unpaired) electrons. The van der Waals surface area contributed by atoms with Crippen molar-refractivity contribution in [1.82, 2.24) is 29.2 Å². The Morgan fingerprint density at radius 1 is 1.06 bits per heavy atom.